The number of ether oxygens (including phenoxy) is 1. The Labute approximate surface area is 178 Å². The first kappa shape index (κ1) is 21.9. The molecule has 6 nitrogen and oxygen atoms in total. The van der Waals surface area contributed by atoms with Gasteiger partial charge in [-0.05, 0) is 53.5 Å². The number of nitrogens with two attached hydrogens (primary N) is 1. The Morgan fingerprint density at radius 3 is 2.61 bits per heavy atom. The van der Waals surface area contributed by atoms with Gasteiger partial charge in [-0.25, -0.2) is 13.8 Å². The quantitative estimate of drug-likeness (QED) is 0.519. The molecule has 0 saturated carbocycles. The van der Waals surface area contributed by atoms with Gasteiger partial charge in [-0.15, -0.1) is 0 Å². The molecule has 1 heterocycles. The lowest BCUT2D eigenvalue weighted by Gasteiger charge is -2.16. The molecule has 0 radical (unpaired) electrons. The molecule has 0 unspecified atom stereocenters. The number of hydrogen-bond donors (Lipinski definition) is 1. The molecule has 0 saturated heterocycles. The number of halogens is 2. The van der Waals surface area contributed by atoms with Crippen LogP contribution in [0, 0.1) is 11.6 Å². The molecule has 0 atom stereocenters. The molecule has 2 aromatic rings. The van der Waals surface area contributed by atoms with Crippen LogP contribution >= 0.6 is 0 Å². The van der Waals surface area contributed by atoms with Crippen LogP contribution in [0.3, 0.4) is 0 Å². The molecule has 1 aliphatic rings. The number of carbonyl (C=O) groups excluding carboxylic acids is 2. The van der Waals surface area contributed by atoms with Crippen molar-refractivity contribution in [1.82, 2.24) is 4.90 Å². The first-order valence-electron chi connectivity index (χ1n) is 9.58. The molecule has 8 heteroatoms. The summed E-state index contributed by atoms with van der Waals surface area (Å²) in [5.74, 6) is -2.18. The Morgan fingerprint density at radius 1 is 1.19 bits per heavy atom. The smallest absolute Gasteiger partial charge is 0.251 e. The molecular weight excluding hydrogens is 404 g/mol. The van der Waals surface area contributed by atoms with Gasteiger partial charge >= 0.3 is 0 Å². The van der Waals surface area contributed by atoms with Crippen molar-refractivity contribution in [2.75, 3.05) is 6.54 Å². The van der Waals surface area contributed by atoms with E-state index in [0.717, 1.165) is 18.4 Å². The second-order valence-corrected chi connectivity index (χ2v) is 6.90. The van der Waals surface area contributed by atoms with Crippen LogP contribution in [-0.4, -0.2) is 29.7 Å². The fourth-order valence-electron chi connectivity index (χ4n) is 3.03. The molecule has 31 heavy (non-hydrogen) atoms. The lowest BCUT2D eigenvalue weighted by Crippen LogP contribution is -2.25. The second-order valence-electron chi connectivity index (χ2n) is 6.90. The summed E-state index contributed by atoms with van der Waals surface area (Å²) in [5.41, 5.74) is 7.01. The molecular formula is C23H21F2N3O3. The van der Waals surface area contributed by atoms with E-state index in [0.29, 0.717) is 17.7 Å². The highest BCUT2D eigenvalue weighted by Crippen LogP contribution is 2.19. The third kappa shape index (κ3) is 5.63. The van der Waals surface area contributed by atoms with Crippen molar-refractivity contribution in [3.63, 3.8) is 0 Å². The van der Waals surface area contributed by atoms with Crippen LogP contribution in [0.2, 0.25) is 0 Å². The molecule has 2 aromatic carbocycles. The Bertz CT molecular complexity index is 1090. The van der Waals surface area contributed by atoms with Crippen LogP contribution < -0.4 is 10.5 Å². The van der Waals surface area contributed by atoms with Crippen molar-refractivity contribution in [3.05, 3.63) is 88.6 Å². The fraction of sp³-hybridized carbons (Fsp3) is 0.174. The minimum absolute atomic E-state index is 0.0744. The zero-order chi connectivity index (χ0) is 22.4. The SMILES string of the molecule is CCc1ccc(O/C=N/C=C\C2=CC(=O)N(Cc3ccc(C(N)=O)c(F)c3)C2)c(F)c1. The second kappa shape index (κ2) is 9.80. The number of benzene rings is 2. The maximum atomic E-state index is 13.9. The van der Waals surface area contributed by atoms with Crippen LogP contribution in [0.1, 0.15) is 28.4 Å². The van der Waals surface area contributed by atoms with E-state index >= 15 is 0 Å². The van der Waals surface area contributed by atoms with Crippen molar-refractivity contribution in [2.24, 2.45) is 10.7 Å². The van der Waals surface area contributed by atoms with E-state index in [9.17, 15) is 18.4 Å². The van der Waals surface area contributed by atoms with E-state index in [1.165, 1.54) is 35.4 Å². The summed E-state index contributed by atoms with van der Waals surface area (Å²) < 4.78 is 32.9. The van der Waals surface area contributed by atoms with Gasteiger partial charge in [0, 0.05) is 25.4 Å². The lowest BCUT2D eigenvalue weighted by molar-refractivity contribution is -0.125. The predicted molar refractivity (Wildman–Crippen MR) is 112 cm³/mol. The van der Waals surface area contributed by atoms with Gasteiger partial charge in [-0.3, -0.25) is 9.59 Å². The summed E-state index contributed by atoms with van der Waals surface area (Å²) in [6, 6.07) is 8.77. The standard InChI is InChI=1S/C23H21F2N3O3/c1-2-15-4-6-21(20(25)9-15)31-14-27-8-7-17-11-22(29)28(13-17)12-16-3-5-18(23(26)30)19(24)10-16/h3-11,14H,2,12-13H2,1H3,(H2,26,30)/b8-7-,27-14+. The first-order valence-corrected chi connectivity index (χ1v) is 9.58. The zero-order valence-corrected chi connectivity index (χ0v) is 16.8. The van der Waals surface area contributed by atoms with Crippen molar-refractivity contribution >= 4 is 18.2 Å². The first-order chi connectivity index (χ1) is 14.9. The molecule has 0 aliphatic carbocycles. The van der Waals surface area contributed by atoms with Crippen LogP contribution in [0.4, 0.5) is 8.78 Å². The molecule has 1 aliphatic heterocycles. The molecule has 0 spiro atoms. The summed E-state index contributed by atoms with van der Waals surface area (Å²) in [4.78, 5) is 28.7. The van der Waals surface area contributed by atoms with E-state index in [1.54, 1.807) is 24.3 Å². The Kier molecular flexibility index (Phi) is 6.92. The van der Waals surface area contributed by atoms with Crippen LogP contribution in [0.5, 0.6) is 5.75 Å². The van der Waals surface area contributed by atoms with Gasteiger partial charge in [0.25, 0.3) is 5.91 Å². The minimum Gasteiger partial charge on any atom is -0.443 e. The summed E-state index contributed by atoms with van der Waals surface area (Å²) >= 11 is 0. The van der Waals surface area contributed by atoms with Crippen molar-refractivity contribution in [2.45, 2.75) is 19.9 Å². The predicted octanol–water partition coefficient (Wildman–Crippen LogP) is 3.52. The molecule has 3 rings (SSSR count). The number of hydrogen-bond acceptors (Lipinski definition) is 4. The lowest BCUT2D eigenvalue weighted by atomic mass is 10.1. The van der Waals surface area contributed by atoms with Gasteiger partial charge in [0.05, 0.1) is 5.56 Å². The van der Waals surface area contributed by atoms with E-state index < -0.39 is 17.5 Å². The van der Waals surface area contributed by atoms with Crippen LogP contribution in [-0.2, 0) is 17.8 Å². The normalized spacial score (nSPS) is 14.0. The number of aryl methyl sites for hydroxylation is 1. The van der Waals surface area contributed by atoms with Gasteiger partial charge in [0.1, 0.15) is 5.82 Å². The van der Waals surface area contributed by atoms with E-state index in [1.807, 2.05) is 6.92 Å². The van der Waals surface area contributed by atoms with Crippen LogP contribution in [0.15, 0.2) is 65.3 Å². The molecule has 2 N–H and O–H groups in total. The van der Waals surface area contributed by atoms with Gasteiger partial charge in [-0.2, -0.15) is 0 Å². The molecule has 2 amide bonds. The highest BCUT2D eigenvalue weighted by atomic mass is 19.1. The van der Waals surface area contributed by atoms with Gasteiger partial charge in [-0.1, -0.05) is 19.1 Å². The van der Waals surface area contributed by atoms with Crippen molar-refractivity contribution in [1.29, 1.82) is 0 Å². The van der Waals surface area contributed by atoms with Crippen molar-refractivity contribution in [3.8, 4) is 5.75 Å². The number of primary amides is 1. The number of aliphatic imine (C=N–C) groups is 1. The van der Waals surface area contributed by atoms with E-state index in [2.05, 4.69) is 4.99 Å². The van der Waals surface area contributed by atoms with E-state index in [-0.39, 0.29) is 23.8 Å². The fourth-order valence-corrected chi connectivity index (χ4v) is 3.03. The Morgan fingerprint density at radius 2 is 1.94 bits per heavy atom. The highest BCUT2D eigenvalue weighted by molar-refractivity contribution is 5.93. The summed E-state index contributed by atoms with van der Waals surface area (Å²) in [5, 5.41) is 0. The number of rotatable bonds is 8. The van der Waals surface area contributed by atoms with E-state index in [4.69, 9.17) is 10.5 Å². The van der Waals surface area contributed by atoms with Crippen molar-refractivity contribution < 1.29 is 23.1 Å². The molecule has 0 bridgehead atoms. The topological polar surface area (TPSA) is 85.0 Å². The minimum atomic E-state index is -0.847. The largest absolute Gasteiger partial charge is 0.443 e. The monoisotopic (exact) mass is 425 g/mol. The molecule has 0 aromatic heterocycles. The molecule has 160 valence electrons. The van der Waals surface area contributed by atoms with Gasteiger partial charge in [0.2, 0.25) is 5.91 Å². The number of nitrogens with zero attached hydrogens (tertiary/aromatic N) is 2. The van der Waals surface area contributed by atoms with Crippen LogP contribution in [0.25, 0.3) is 0 Å². The summed E-state index contributed by atoms with van der Waals surface area (Å²) in [6.07, 6.45) is 6.35. The Balaban J connectivity index is 1.53. The average Bonchev–Trinajstić information content (AvgIpc) is 3.07. The summed E-state index contributed by atoms with van der Waals surface area (Å²) in [6.45, 7) is 2.43. The average molecular weight is 425 g/mol. The molecule has 0 fully saturated rings. The zero-order valence-electron chi connectivity index (χ0n) is 16.8. The highest BCUT2D eigenvalue weighted by Gasteiger charge is 2.20. The third-order valence-electron chi connectivity index (χ3n) is 4.69. The summed E-state index contributed by atoms with van der Waals surface area (Å²) in [7, 11) is 0. The van der Waals surface area contributed by atoms with Gasteiger partial charge in [0.15, 0.2) is 18.0 Å². The maximum Gasteiger partial charge on any atom is 0.251 e. The number of carbonyl (C=O) groups is 2. The third-order valence-corrected chi connectivity index (χ3v) is 4.69. The van der Waals surface area contributed by atoms with Gasteiger partial charge < -0.3 is 15.4 Å². The maximum absolute atomic E-state index is 13.9. The number of amides is 2. The Hall–Kier alpha value is -3.81.